The fourth-order valence-corrected chi connectivity index (χ4v) is 1.59. The van der Waals surface area contributed by atoms with Gasteiger partial charge < -0.3 is 10.4 Å². The topological polar surface area (TPSA) is 32.3 Å². The van der Waals surface area contributed by atoms with Crippen LogP contribution in [-0.4, -0.2) is 18.2 Å². The van der Waals surface area contributed by atoms with Gasteiger partial charge in [0.05, 0.1) is 6.61 Å². The van der Waals surface area contributed by atoms with E-state index in [1.165, 1.54) is 5.56 Å². The first-order valence-corrected chi connectivity index (χ1v) is 4.31. The molecule has 1 aromatic carbocycles. The third-order valence-corrected chi connectivity index (χ3v) is 2.45. The van der Waals surface area contributed by atoms with Crippen LogP contribution in [0.2, 0.25) is 0 Å². The number of hydrogen-bond acceptors (Lipinski definition) is 2. The Morgan fingerprint density at radius 2 is 2.08 bits per heavy atom. The standard InChI is InChI=1S/C10H13NO/c12-7-8-3-1-2-4-10(8)9-5-11-6-9/h1-4,9,11-12H,5-7H2. The normalized spacial score (nSPS) is 17.4. The van der Waals surface area contributed by atoms with Crippen molar-refractivity contribution in [2.24, 2.45) is 0 Å². The van der Waals surface area contributed by atoms with E-state index < -0.39 is 0 Å². The van der Waals surface area contributed by atoms with E-state index in [0.717, 1.165) is 18.7 Å². The van der Waals surface area contributed by atoms with E-state index in [0.29, 0.717) is 5.92 Å². The van der Waals surface area contributed by atoms with Gasteiger partial charge >= 0.3 is 0 Å². The molecule has 0 saturated carbocycles. The molecule has 12 heavy (non-hydrogen) atoms. The minimum atomic E-state index is 0.159. The van der Waals surface area contributed by atoms with Gasteiger partial charge in [0, 0.05) is 19.0 Å². The first kappa shape index (κ1) is 7.77. The molecule has 64 valence electrons. The van der Waals surface area contributed by atoms with E-state index in [1.54, 1.807) is 0 Å². The van der Waals surface area contributed by atoms with Crippen molar-refractivity contribution in [2.75, 3.05) is 13.1 Å². The second-order valence-corrected chi connectivity index (χ2v) is 3.21. The van der Waals surface area contributed by atoms with Crippen LogP contribution in [0.25, 0.3) is 0 Å². The van der Waals surface area contributed by atoms with E-state index in [-0.39, 0.29) is 6.61 Å². The maximum Gasteiger partial charge on any atom is 0.0684 e. The zero-order chi connectivity index (χ0) is 8.39. The molecule has 0 amide bonds. The SMILES string of the molecule is OCc1ccccc1C1CNC1. The average molecular weight is 163 g/mol. The molecule has 2 heteroatoms. The Bertz CT molecular complexity index is 268. The van der Waals surface area contributed by atoms with E-state index in [9.17, 15) is 0 Å². The first-order chi connectivity index (χ1) is 5.92. The van der Waals surface area contributed by atoms with Gasteiger partial charge in [-0.25, -0.2) is 0 Å². The van der Waals surface area contributed by atoms with E-state index in [1.807, 2.05) is 18.2 Å². The van der Waals surface area contributed by atoms with Gasteiger partial charge in [0.2, 0.25) is 0 Å². The molecule has 1 aliphatic heterocycles. The van der Waals surface area contributed by atoms with Crippen LogP contribution in [0.3, 0.4) is 0 Å². The van der Waals surface area contributed by atoms with Crippen molar-refractivity contribution in [3.05, 3.63) is 35.4 Å². The molecule has 1 saturated heterocycles. The average Bonchev–Trinajstić information content (AvgIpc) is 2.02. The maximum atomic E-state index is 9.07. The van der Waals surface area contributed by atoms with Gasteiger partial charge in [-0.2, -0.15) is 0 Å². The Kier molecular flexibility index (Phi) is 2.11. The molecule has 1 aromatic rings. The molecule has 0 aromatic heterocycles. The molecule has 0 radical (unpaired) electrons. The molecular formula is C10H13NO. The predicted molar refractivity (Wildman–Crippen MR) is 48.0 cm³/mol. The molecule has 0 aliphatic carbocycles. The molecule has 2 nitrogen and oxygen atoms in total. The fraction of sp³-hybridized carbons (Fsp3) is 0.400. The van der Waals surface area contributed by atoms with Gasteiger partial charge in [-0.1, -0.05) is 24.3 Å². The molecule has 1 heterocycles. The smallest absolute Gasteiger partial charge is 0.0684 e. The zero-order valence-corrected chi connectivity index (χ0v) is 6.96. The third kappa shape index (κ3) is 1.24. The highest BCUT2D eigenvalue weighted by Crippen LogP contribution is 2.23. The van der Waals surface area contributed by atoms with Crippen LogP contribution in [0.1, 0.15) is 17.0 Å². The molecular weight excluding hydrogens is 150 g/mol. The van der Waals surface area contributed by atoms with Crippen LogP contribution in [0.15, 0.2) is 24.3 Å². The van der Waals surface area contributed by atoms with Gasteiger partial charge in [0.1, 0.15) is 0 Å². The summed E-state index contributed by atoms with van der Waals surface area (Å²) in [6.45, 7) is 2.26. The van der Waals surface area contributed by atoms with Gasteiger partial charge in [-0.15, -0.1) is 0 Å². The second kappa shape index (κ2) is 3.25. The Balaban J connectivity index is 2.27. The van der Waals surface area contributed by atoms with Gasteiger partial charge in [-0.05, 0) is 11.1 Å². The first-order valence-electron chi connectivity index (χ1n) is 4.31. The molecule has 2 rings (SSSR count). The van der Waals surface area contributed by atoms with Crippen molar-refractivity contribution in [3.63, 3.8) is 0 Å². The van der Waals surface area contributed by atoms with E-state index in [2.05, 4.69) is 11.4 Å². The summed E-state index contributed by atoms with van der Waals surface area (Å²) in [7, 11) is 0. The fourth-order valence-electron chi connectivity index (χ4n) is 1.59. The number of rotatable bonds is 2. The lowest BCUT2D eigenvalue weighted by atomic mass is 9.90. The summed E-state index contributed by atoms with van der Waals surface area (Å²) in [6, 6.07) is 8.11. The summed E-state index contributed by atoms with van der Waals surface area (Å²) >= 11 is 0. The monoisotopic (exact) mass is 163 g/mol. The summed E-state index contributed by atoms with van der Waals surface area (Å²) in [5.74, 6) is 0.619. The van der Waals surface area contributed by atoms with Crippen LogP contribution >= 0.6 is 0 Å². The Morgan fingerprint density at radius 1 is 1.33 bits per heavy atom. The third-order valence-electron chi connectivity index (χ3n) is 2.45. The van der Waals surface area contributed by atoms with Crippen molar-refractivity contribution in [1.82, 2.24) is 5.32 Å². The molecule has 1 aliphatic rings. The van der Waals surface area contributed by atoms with Crippen molar-refractivity contribution < 1.29 is 5.11 Å². The van der Waals surface area contributed by atoms with E-state index >= 15 is 0 Å². The molecule has 1 fully saturated rings. The lowest BCUT2D eigenvalue weighted by Gasteiger charge is -2.29. The predicted octanol–water partition coefficient (Wildman–Crippen LogP) is 0.866. The molecule has 0 atom stereocenters. The number of aliphatic hydroxyl groups is 1. The maximum absolute atomic E-state index is 9.07. The van der Waals surface area contributed by atoms with E-state index in [4.69, 9.17) is 5.11 Å². The minimum Gasteiger partial charge on any atom is -0.392 e. The Morgan fingerprint density at radius 3 is 2.67 bits per heavy atom. The van der Waals surface area contributed by atoms with Crippen molar-refractivity contribution >= 4 is 0 Å². The van der Waals surface area contributed by atoms with Gasteiger partial charge in [0.15, 0.2) is 0 Å². The quantitative estimate of drug-likeness (QED) is 0.678. The van der Waals surface area contributed by atoms with Crippen LogP contribution in [0.5, 0.6) is 0 Å². The highest BCUT2D eigenvalue weighted by Gasteiger charge is 2.20. The zero-order valence-electron chi connectivity index (χ0n) is 6.96. The number of aliphatic hydroxyl groups excluding tert-OH is 1. The lowest BCUT2D eigenvalue weighted by Crippen LogP contribution is -2.40. The highest BCUT2D eigenvalue weighted by atomic mass is 16.3. The summed E-state index contributed by atoms with van der Waals surface area (Å²) in [5, 5.41) is 12.3. The van der Waals surface area contributed by atoms with Gasteiger partial charge in [0.25, 0.3) is 0 Å². The summed E-state index contributed by atoms with van der Waals surface area (Å²) in [4.78, 5) is 0. The highest BCUT2D eigenvalue weighted by molar-refractivity contribution is 5.31. The largest absolute Gasteiger partial charge is 0.392 e. The van der Waals surface area contributed by atoms with Crippen LogP contribution < -0.4 is 5.32 Å². The summed E-state index contributed by atoms with van der Waals surface area (Å²) < 4.78 is 0. The van der Waals surface area contributed by atoms with Crippen LogP contribution in [0.4, 0.5) is 0 Å². The lowest BCUT2D eigenvalue weighted by molar-refractivity contribution is 0.278. The number of nitrogens with one attached hydrogen (secondary N) is 1. The number of benzene rings is 1. The number of hydrogen-bond donors (Lipinski definition) is 2. The van der Waals surface area contributed by atoms with Crippen molar-refractivity contribution in [1.29, 1.82) is 0 Å². The summed E-state index contributed by atoms with van der Waals surface area (Å²) in [6.07, 6.45) is 0. The molecule has 0 unspecified atom stereocenters. The molecule has 2 N–H and O–H groups in total. The van der Waals surface area contributed by atoms with Crippen molar-refractivity contribution in [3.8, 4) is 0 Å². The Hall–Kier alpha value is -0.860. The summed E-state index contributed by atoms with van der Waals surface area (Å²) in [5.41, 5.74) is 2.38. The second-order valence-electron chi connectivity index (χ2n) is 3.21. The minimum absolute atomic E-state index is 0.159. The van der Waals surface area contributed by atoms with Crippen LogP contribution in [0, 0.1) is 0 Å². The Labute approximate surface area is 72.2 Å². The van der Waals surface area contributed by atoms with Crippen LogP contribution in [-0.2, 0) is 6.61 Å². The van der Waals surface area contributed by atoms with Crippen molar-refractivity contribution in [2.45, 2.75) is 12.5 Å². The molecule has 0 spiro atoms. The van der Waals surface area contributed by atoms with Gasteiger partial charge in [-0.3, -0.25) is 0 Å². The molecule has 0 bridgehead atoms.